The Bertz CT molecular complexity index is 531. The molecule has 0 radical (unpaired) electrons. The van der Waals surface area contributed by atoms with Crippen molar-refractivity contribution < 1.29 is 0 Å². The summed E-state index contributed by atoms with van der Waals surface area (Å²) in [5.41, 5.74) is 1.12. The van der Waals surface area contributed by atoms with Crippen LogP contribution in [0.1, 0.15) is 34.7 Å². The first kappa shape index (κ1) is 14.9. The molecule has 1 N–H and O–H groups in total. The molecule has 4 heteroatoms. The Morgan fingerprint density at radius 3 is 2.37 bits per heavy atom. The predicted octanol–water partition coefficient (Wildman–Crippen LogP) is 5.45. The minimum absolute atomic E-state index is 0.162. The van der Waals surface area contributed by atoms with Crippen molar-refractivity contribution in [2.45, 2.75) is 26.3 Å². The zero-order valence-electron chi connectivity index (χ0n) is 11.0. The number of hydrogen-bond donors (Lipinski definition) is 1. The summed E-state index contributed by atoms with van der Waals surface area (Å²) < 4.78 is 0. The maximum absolute atomic E-state index is 6.11. The van der Waals surface area contributed by atoms with Crippen LogP contribution in [-0.4, -0.2) is 6.54 Å². The number of rotatable bonds is 5. The molecule has 0 aliphatic carbocycles. The second-order valence-corrected chi connectivity index (χ2v) is 6.73. The van der Waals surface area contributed by atoms with Gasteiger partial charge in [0.15, 0.2) is 0 Å². The molecular weight excluding hydrogens is 297 g/mol. The lowest BCUT2D eigenvalue weighted by atomic mass is 10.1. The van der Waals surface area contributed by atoms with Crippen LogP contribution in [0.3, 0.4) is 0 Å². The third-order valence-electron chi connectivity index (χ3n) is 2.86. The Kier molecular flexibility index (Phi) is 5.28. The van der Waals surface area contributed by atoms with Gasteiger partial charge in [-0.15, -0.1) is 11.3 Å². The zero-order chi connectivity index (χ0) is 13.8. The average molecular weight is 314 g/mol. The number of halogens is 2. The maximum atomic E-state index is 6.11. The average Bonchev–Trinajstić information content (AvgIpc) is 2.75. The van der Waals surface area contributed by atoms with Gasteiger partial charge in [-0.3, -0.25) is 0 Å². The Morgan fingerprint density at radius 1 is 1.16 bits per heavy atom. The largest absolute Gasteiger partial charge is 0.306 e. The van der Waals surface area contributed by atoms with Gasteiger partial charge in [-0.25, -0.2) is 0 Å². The van der Waals surface area contributed by atoms with Crippen molar-refractivity contribution in [1.29, 1.82) is 0 Å². The van der Waals surface area contributed by atoms with Gasteiger partial charge in [0, 0.05) is 19.8 Å². The van der Waals surface area contributed by atoms with Crippen LogP contribution in [0.5, 0.6) is 0 Å². The molecule has 1 unspecified atom stereocenters. The van der Waals surface area contributed by atoms with E-state index in [1.54, 1.807) is 17.4 Å². The molecule has 0 aliphatic rings. The van der Waals surface area contributed by atoms with E-state index in [2.05, 4.69) is 31.3 Å². The molecule has 0 fully saturated rings. The third kappa shape index (κ3) is 3.96. The zero-order valence-corrected chi connectivity index (χ0v) is 13.4. The molecule has 0 saturated carbocycles. The van der Waals surface area contributed by atoms with E-state index >= 15 is 0 Å². The van der Waals surface area contributed by atoms with Crippen LogP contribution < -0.4 is 5.32 Å². The van der Waals surface area contributed by atoms with Crippen LogP contribution in [0.4, 0.5) is 0 Å². The summed E-state index contributed by atoms with van der Waals surface area (Å²) in [4.78, 5) is 2.61. The van der Waals surface area contributed by atoms with Crippen molar-refractivity contribution in [2.75, 3.05) is 6.54 Å². The number of hydrogen-bond acceptors (Lipinski definition) is 2. The van der Waals surface area contributed by atoms with Crippen molar-refractivity contribution in [2.24, 2.45) is 0 Å². The highest BCUT2D eigenvalue weighted by Gasteiger charge is 2.16. The highest BCUT2D eigenvalue weighted by atomic mass is 35.5. The van der Waals surface area contributed by atoms with E-state index in [0.29, 0.717) is 10.0 Å². The number of nitrogens with one attached hydrogen (secondary N) is 1. The first-order valence-electron chi connectivity index (χ1n) is 6.36. The van der Waals surface area contributed by atoms with E-state index in [1.165, 1.54) is 9.75 Å². The molecule has 1 aromatic carbocycles. The molecular formula is C15H17Cl2NS. The quantitative estimate of drug-likeness (QED) is 0.773. The van der Waals surface area contributed by atoms with Gasteiger partial charge in [-0.1, -0.05) is 30.1 Å². The molecule has 0 saturated heterocycles. The summed E-state index contributed by atoms with van der Waals surface area (Å²) in [5.74, 6) is 0. The topological polar surface area (TPSA) is 12.0 Å². The van der Waals surface area contributed by atoms with Crippen molar-refractivity contribution >= 4 is 34.5 Å². The fraction of sp³-hybridized carbons (Fsp3) is 0.333. The van der Waals surface area contributed by atoms with Gasteiger partial charge >= 0.3 is 0 Å². The second kappa shape index (κ2) is 6.76. The first-order chi connectivity index (χ1) is 9.10. The molecule has 19 heavy (non-hydrogen) atoms. The molecule has 0 bridgehead atoms. The lowest BCUT2D eigenvalue weighted by Crippen LogP contribution is -2.22. The summed E-state index contributed by atoms with van der Waals surface area (Å²) in [6.45, 7) is 5.25. The number of aryl methyl sites for hydroxylation is 1. The standard InChI is InChI=1S/C15H17Cl2NS/c1-3-6-18-15(14-5-4-10(2)19-14)11-7-12(16)9-13(17)8-11/h4-5,7-9,15,18H,3,6H2,1-2H3. The highest BCUT2D eigenvalue weighted by molar-refractivity contribution is 7.12. The van der Waals surface area contributed by atoms with Crippen LogP contribution in [0.15, 0.2) is 30.3 Å². The van der Waals surface area contributed by atoms with E-state index in [4.69, 9.17) is 23.2 Å². The Hall–Kier alpha value is -0.540. The van der Waals surface area contributed by atoms with Crippen molar-refractivity contribution in [3.63, 3.8) is 0 Å². The monoisotopic (exact) mass is 313 g/mol. The fourth-order valence-electron chi connectivity index (χ4n) is 2.02. The lowest BCUT2D eigenvalue weighted by molar-refractivity contribution is 0.606. The first-order valence-corrected chi connectivity index (χ1v) is 7.93. The Labute approximate surface area is 128 Å². The summed E-state index contributed by atoms with van der Waals surface area (Å²) in [6, 6.07) is 10.2. The number of thiophene rings is 1. The Balaban J connectivity index is 2.36. The van der Waals surface area contributed by atoms with Gasteiger partial charge in [0.25, 0.3) is 0 Å². The SMILES string of the molecule is CCCNC(c1cc(Cl)cc(Cl)c1)c1ccc(C)s1. The lowest BCUT2D eigenvalue weighted by Gasteiger charge is -2.18. The molecule has 2 aromatic rings. The van der Waals surface area contributed by atoms with Crippen LogP contribution in [0.25, 0.3) is 0 Å². The molecule has 0 aliphatic heterocycles. The minimum atomic E-state index is 0.162. The van der Waals surface area contributed by atoms with Crippen molar-refractivity contribution in [1.82, 2.24) is 5.32 Å². The minimum Gasteiger partial charge on any atom is -0.306 e. The van der Waals surface area contributed by atoms with Crippen LogP contribution in [-0.2, 0) is 0 Å². The molecule has 0 amide bonds. The molecule has 1 nitrogen and oxygen atoms in total. The van der Waals surface area contributed by atoms with E-state index in [1.807, 2.05) is 12.1 Å². The van der Waals surface area contributed by atoms with E-state index < -0.39 is 0 Å². The van der Waals surface area contributed by atoms with Gasteiger partial charge < -0.3 is 5.32 Å². The molecule has 1 aromatic heterocycles. The van der Waals surface area contributed by atoms with E-state index in [-0.39, 0.29) is 6.04 Å². The van der Waals surface area contributed by atoms with E-state index in [9.17, 15) is 0 Å². The highest BCUT2D eigenvalue weighted by Crippen LogP contribution is 2.31. The molecule has 2 rings (SSSR count). The number of benzene rings is 1. The second-order valence-electron chi connectivity index (χ2n) is 4.54. The van der Waals surface area contributed by atoms with Gasteiger partial charge in [-0.05, 0) is 55.8 Å². The van der Waals surface area contributed by atoms with Gasteiger partial charge in [0.1, 0.15) is 0 Å². The van der Waals surface area contributed by atoms with Gasteiger partial charge in [0.2, 0.25) is 0 Å². The molecule has 0 spiro atoms. The summed E-state index contributed by atoms with van der Waals surface area (Å²) in [7, 11) is 0. The van der Waals surface area contributed by atoms with Crippen molar-refractivity contribution in [3.05, 3.63) is 55.7 Å². The normalized spacial score (nSPS) is 12.6. The van der Waals surface area contributed by atoms with Crippen LogP contribution in [0, 0.1) is 6.92 Å². The molecule has 1 atom stereocenters. The predicted molar refractivity (Wildman–Crippen MR) is 85.7 cm³/mol. The van der Waals surface area contributed by atoms with Crippen molar-refractivity contribution in [3.8, 4) is 0 Å². The fourth-order valence-corrected chi connectivity index (χ4v) is 3.55. The van der Waals surface area contributed by atoms with Crippen LogP contribution >= 0.6 is 34.5 Å². The van der Waals surface area contributed by atoms with E-state index in [0.717, 1.165) is 18.5 Å². The van der Waals surface area contributed by atoms with Gasteiger partial charge in [-0.2, -0.15) is 0 Å². The van der Waals surface area contributed by atoms with Gasteiger partial charge in [0.05, 0.1) is 6.04 Å². The smallest absolute Gasteiger partial charge is 0.0672 e. The summed E-state index contributed by atoms with van der Waals surface area (Å²) >= 11 is 14.0. The molecule has 102 valence electrons. The summed E-state index contributed by atoms with van der Waals surface area (Å²) in [5, 5.41) is 4.92. The Morgan fingerprint density at radius 2 is 1.84 bits per heavy atom. The van der Waals surface area contributed by atoms with Crippen LogP contribution in [0.2, 0.25) is 10.0 Å². The third-order valence-corrected chi connectivity index (χ3v) is 4.36. The summed E-state index contributed by atoms with van der Waals surface area (Å²) in [6.07, 6.45) is 1.09. The molecule has 1 heterocycles. The maximum Gasteiger partial charge on any atom is 0.0672 e.